The molecule has 1 aliphatic heterocycles. The van der Waals surface area contributed by atoms with Crippen LogP contribution in [0.3, 0.4) is 0 Å². The molecule has 0 saturated carbocycles. The Morgan fingerprint density at radius 1 is 1.16 bits per heavy atom. The fourth-order valence-electron chi connectivity index (χ4n) is 3.31. The zero-order valence-corrected chi connectivity index (χ0v) is 19.1. The number of nitro groups is 1. The number of ether oxygens (including phenoxy) is 1. The smallest absolute Gasteiger partial charge is 0.324 e. The Bertz CT molecular complexity index is 907. The molecule has 1 aromatic heterocycles. The number of carbonyl (C=O) groups excluding carboxylic acids is 1. The van der Waals surface area contributed by atoms with E-state index < -0.39 is 4.92 Å². The second-order valence-electron chi connectivity index (χ2n) is 7.71. The highest BCUT2D eigenvalue weighted by atomic mass is 32.1. The van der Waals surface area contributed by atoms with E-state index in [1.165, 1.54) is 18.7 Å². The molecule has 0 unspecified atom stereocenters. The highest BCUT2D eigenvalue weighted by Gasteiger charge is 2.12. The number of thiophene rings is 1. The van der Waals surface area contributed by atoms with Gasteiger partial charge in [0.05, 0.1) is 22.6 Å². The molecular formula is C22H29N5O4S. The van der Waals surface area contributed by atoms with Crippen molar-refractivity contribution in [2.24, 2.45) is 5.10 Å². The Balaban J connectivity index is 1.31. The first-order valence-electron chi connectivity index (χ1n) is 10.7. The maximum Gasteiger partial charge on any atom is 0.324 e. The maximum atomic E-state index is 12.2. The first kappa shape index (κ1) is 23.8. The van der Waals surface area contributed by atoms with Crippen LogP contribution in [0.5, 0.6) is 5.75 Å². The molecule has 0 aliphatic carbocycles. The van der Waals surface area contributed by atoms with E-state index in [0.29, 0.717) is 17.0 Å². The van der Waals surface area contributed by atoms with Gasteiger partial charge in [0.1, 0.15) is 5.75 Å². The average molecular weight is 460 g/mol. The molecule has 32 heavy (non-hydrogen) atoms. The summed E-state index contributed by atoms with van der Waals surface area (Å²) >= 11 is 0.990. The normalized spacial score (nSPS) is 15.2. The molecule has 0 bridgehead atoms. The molecule has 2 heterocycles. The predicted molar refractivity (Wildman–Crippen MR) is 126 cm³/mol. The van der Waals surface area contributed by atoms with Gasteiger partial charge >= 0.3 is 5.00 Å². The van der Waals surface area contributed by atoms with Crippen LogP contribution in [-0.4, -0.2) is 73.2 Å². The van der Waals surface area contributed by atoms with E-state index >= 15 is 0 Å². The number of hydrogen-bond donors (Lipinski definition) is 1. The minimum atomic E-state index is -0.459. The number of hydrogen-bond acceptors (Lipinski definition) is 8. The quantitative estimate of drug-likeness (QED) is 0.240. The summed E-state index contributed by atoms with van der Waals surface area (Å²) in [4.78, 5) is 27.9. The summed E-state index contributed by atoms with van der Waals surface area (Å²) in [5.74, 6) is 0.373. The van der Waals surface area contributed by atoms with Gasteiger partial charge in [0.15, 0.2) is 0 Å². The second kappa shape index (κ2) is 12.3. The molecule has 172 valence electrons. The molecule has 3 rings (SSSR count). The third-order valence-corrected chi connectivity index (χ3v) is 6.22. The first-order chi connectivity index (χ1) is 15.5. The van der Waals surface area contributed by atoms with Crippen LogP contribution >= 0.6 is 11.3 Å². The number of amides is 1. The number of nitrogens with one attached hydrogen (secondary N) is 1. The lowest BCUT2D eigenvalue weighted by Crippen LogP contribution is -2.44. The van der Waals surface area contributed by atoms with Crippen molar-refractivity contribution in [1.29, 1.82) is 0 Å². The van der Waals surface area contributed by atoms with Gasteiger partial charge < -0.3 is 14.5 Å². The van der Waals surface area contributed by atoms with Crippen molar-refractivity contribution in [3.05, 3.63) is 57.0 Å². The zero-order chi connectivity index (χ0) is 22.8. The van der Waals surface area contributed by atoms with Crippen molar-refractivity contribution in [2.75, 3.05) is 46.4 Å². The Morgan fingerprint density at radius 3 is 2.59 bits per heavy atom. The van der Waals surface area contributed by atoms with Crippen molar-refractivity contribution in [3.63, 3.8) is 0 Å². The molecule has 10 heteroatoms. The molecule has 1 amide bonds. The molecule has 1 saturated heterocycles. The number of nitrogens with zero attached hydrogens (tertiary/aromatic N) is 4. The molecule has 2 aromatic rings. The van der Waals surface area contributed by atoms with E-state index in [-0.39, 0.29) is 10.9 Å². The highest BCUT2D eigenvalue weighted by Crippen LogP contribution is 2.22. The molecular weight excluding hydrogens is 430 g/mol. The fourth-order valence-corrected chi connectivity index (χ4v) is 4.00. The average Bonchev–Trinajstić information content (AvgIpc) is 3.27. The highest BCUT2D eigenvalue weighted by molar-refractivity contribution is 7.16. The van der Waals surface area contributed by atoms with Crippen LogP contribution in [0.2, 0.25) is 0 Å². The SMILES string of the molecule is CN1CCN(CCCCCOc2ccc(C(=O)N/N=C/c3ccc([N+](=O)[O-])s3)cc2)CC1. The van der Waals surface area contributed by atoms with Crippen molar-refractivity contribution >= 4 is 28.5 Å². The number of rotatable bonds is 11. The minimum Gasteiger partial charge on any atom is -0.494 e. The summed E-state index contributed by atoms with van der Waals surface area (Å²) in [5, 5.41) is 14.6. The third-order valence-electron chi connectivity index (χ3n) is 5.25. The lowest BCUT2D eigenvalue weighted by molar-refractivity contribution is -0.380. The molecule has 1 fully saturated rings. The molecule has 1 aromatic carbocycles. The number of carbonyl (C=O) groups is 1. The fraction of sp³-hybridized carbons (Fsp3) is 0.455. The Labute approximate surface area is 191 Å². The number of piperazine rings is 1. The molecule has 1 N–H and O–H groups in total. The minimum absolute atomic E-state index is 0.0309. The lowest BCUT2D eigenvalue weighted by atomic mass is 10.2. The van der Waals surface area contributed by atoms with E-state index in [0.717, 1.165) is 62.7 Å². The van der Waals surface area contributed by atoms with Gasteiger partial charge in [-0.3, -0.25) is 14.9 Å². The number of benzene rings is 1. The van der Waals surface area contributed by atoms with Crippen LogP contribution in [0, 0.1) is 10.1 Å². The van der Waals surface area contributed by atoms with E-state index in [2.05, 4.69) is 27.4 Å². The van der Waals surface area contributed by atoms with Crippen molar-refractivity contribution in [3.8, 4) is 5.75 Å². The van der Waals surface area contributed by atoms with Crippen LogP contribution < -0.4 is 10.2 Å². The van der Waals surface area contributed by atoms with Gasteiger partial charge in [-0.1, -0.05) is 11.3 Å². The van der Waals surface area contributed by atoms with Crippen molar-refractivity contribution in [1.82, 2.24) is 15.2 Å². The summed E-state index contributed by atoms with van der Waals surface area (Å²) in [6, 6.07) is 9.89. The van der Waals surface area contributed by atoms with Gasteiger partial charge in [-0.2, -0.15) is 5.10 Å². The standard InChI is InChI=1S/C22H29N5O4S/c1-25-12-14-26(15-13-25)11-3-2-4-16-31-19-7-5-18(6-8-19)22(28)24-23-17-20-9-10-21(32-20)27(29)30/h5-10,17H,2-4,11-16H2,1H3,(H,24,28)/b23-17+. The molecule has 0 radical (unpaired) electrons. The Hall–Kier alpha value is -2.82. The number of hydrazone groups is 1. The summed E-state index contributed by atoms with van der Waals surface area (Å²) in [6.45, 7) is 6.45. The van der Waals surface area contributed by atoms with Gasteiger partial charge in [-0.05, 0) is 63.2 Å². The molecule has 9 nitrogen and oxygen atoms in total. The van der Waals surface area contributed by atoms with Gasteiger partial charge in [0.25, 0.3) is 5.91 Å². The lowest BCUT2D eigenvalue weighted by Gasteiger charge is -2.32. The van der Waals surface area contributed by atoms with E-state index in [1.54, 1.807) is 30.3 Å². The zero-order valence-electron chi connectivity index (χ0n) is 18.2. The largest absolute Gasteiger partial charge is 0.494 e. The topological polar surface area (TPSA) is 100 Å². The Morgan fingerprint density at radius 2 is 1.91 bits per heavy atom. The summed E-state index contributed by atoms with van der Waals surface area (Å²) in [7, 11) is 2.17. The monoisotopic (exact) mass is 459 g/mol. The van der Waals surface area contributed by atoms with Gasteiger partial charge in [-0.25, -0.2) is 5.43 Å². The van der Waals surface area contributed by atoms with E-state index in [1.807, 2.05) is 0 Å². The number of unbranched alkanes of at least 4 members (excludes halogenated alkanes) is 2. The van der Waals surface area contributed by atoms with Gasteiger partial charge in [0.2, 0.25) is 0 Å². The number of likely N-dealkylation sites (N-methyl/N-ethyl adjacent to an activating group) is 1. The van der Waals surface area contributed by atoms with Gasteiger partial charge in [0, 0.05) is 37.8 Å². The van der Waals surface area contributed by atoms with Crippen LogP contribution in [0.25, 0.3) is 0 Å². The predicted octanol–water partition coefficient (Wildman–Crippen LogP) is 3.22. The van der Waals surface area contributed by atoms with Gasteiger partial charge in [-0.15, -0.1) is 0 Å². The summed E-state index contributed by atoms with van der Waals surface area (Å²) < 4.78 is 5.77. The second-order valence-corrected chi connectivity index (χ2v) is 8.80. The van der Waals surface area contributed by atoms with Crippen LogP contribution in [-0.2, 0) is 0 Å². The Kier molecular flexibility index (Phi) is 9.14. The van der Waals surface area contributed by atoms with Crippen LogP contribution in [0.4, 0.5) is 5.00 Å². The van der Waals surface area contributed by atoms with Crippen LogP contribution in [0.15, 0.2) is 41.5 Å². The van der Waals surface area contributed by atoms with E-state index in [4.69, 9.17) is 4.74 Å². The molecule has 0 atom stereocenters. The van der Waals surface area contributed by atoms with Crippen molar-refractivity contribution in [2.45, 2.75) is 19.3 Å². The molecule has 1 aliphatic rings. The molecule has 0 spiro atoms. The van der Waals surface area contributed by atoms with Crippen LogP contribution in [0.1, 0.15) is 34.5 Å². The summed E-state index contributed by atoms with van der Waals surface area (Å²) in [5.41, 5.74) is 2.88. The van der Waals surface area contributed by atoms with Crippen molar-refractivity contribution < 1.29 is 14.5 Å². The van der Waals surface area contributed by atoms with E-state index in [9.17, 15) is 14.9 Å². The summed E-state index contributed by atoms with van der Waals surface area (Å²) in [6.07, 6.45) is 4.71. The maximum absolute atomic E-state index is 12.2. The third kappa shape index (κ3) is 7.70. The first-order valence-corrected chi connectivity index (χ1v) is 11.5.